The normalized spacial score (nSPS) is 10.8. The monoisotopic (exact) mass is 384 g/mol. The number of amides is 1. The van der Waals surface area contributed by atoms with Gasteiger partial charge in [-0.15, -0.1) is 0 Å². The Bertz CT molecular complexity index is 881. The Morgan fingerprint density at radius 1 is 1.14 bits per heavy atom. The first-order valence-electron chi connectivity index (χ1n) is 9.43. The molecule has 6 heteroatoms. The van der Waals surface area contributed by atoms with Crippen LogP contribution in [0.3, 0.4) is 0 Å². The van der Waals surface area contributed by atoms with Crippen molar-refractivity contribution in [2.75, 3.05) is 11.9 Å². The molecule has 2 rings (SSSR count). The summed E-state index contributed by atoms with van der Waals surface area (Å²) < 4.78 is 7.33. The SMILES string of the molecule is CC(=O)Nc1cccc(C(=O)OCC(=O)c2cc(C)n(CCC(C)C)c2C)c1. The molecule has 0 aliphatic heterocycles. The summed E-state index contributed by atoms with van der Waals surface area (Å²) in [6, 6.07) is 8.27. The van der Waals surface area contributed by atoms with Gasteiger partial charge < -0.3 is 14.6 Å². The van der Waals surface area contributed by atoms with E-state index in [2.05, 4.69) is 23.7 Å². The largest absolute Gasteiger partial charge is 0.454 e. The fourth-order valence-corrected chi connectivity index (χ4v) is 3.03. The van der Waals surface area contributed by atoms with Gasteiger partial charge in [-0.3, -0.25) is 9.59 Å². The molecule has 1 aromatic carbocycles. The smallest absolute Gasteiger partial charge is 0.338 e. The molecule has 1 aromatic heterocycles. The quantitative estimate of drug-likeness (QED) is 0.548. The Kier molecular flexibility index (Phi) is 7.15. The maximum absolute atomic E-state index is 12.6. The first-order chi connectivity index (χ1) is 13.2. The van der Waals surface area contributed by atoms with Gasteiger partial charge in [0.25, 0.3) is 0 Å². The average molecular weight is 384 g/mol. The number of carbonyl (C=O) groups is 3. The number of nitrogens with one attached hydrogen (secondary N) is 1. The lowest BCUT2D eigenvalue weighted by atomic mass is 10.1. The topological polar surface area (TPSA) is 77.4 Å². The summed E-state index contributed by atoms with van der Waals surface area (Å²) >= 11 is 0. The summed E-state index contributed by atoms with van der Waals surface area (Å²) in [5.41, 5.74) is 3.28. The van der Waals surface area contributed by atoms with Crippen molar-refractivity contribution in [3.05, 3.63) is 52.8 Å². The van der Waals surface area contributed by atoms with Crippen LogP contribution < -0.4 is 5.32 Å². The van der Waals surface area contributed by atoms with E-state index in [0.717, 1.165) is 24.4 Å². The third-order valence-corrected chi connectivity index (χ3v) is 4.56. The third kappa shape index (κ3) is 5.55. The van der Waals surface area contributed by atoms with Crippen molar-refractivity contribution in [1.29, 1.82) is 0 Å². The standard InChI is InChI=1S/C22H28N2O4/c1-14(2)9-10-24-15(3)11-20(16(24)4)21(26)13-28-22(27)18-7-6-8-19(12-18)23-17(5)25/h6-8,11-12,14H,9-10,13H2,1-5H3,(H,23,25). The predicted molar refractivity (Wildman–Crippen MR) is 109 cm³/mol. The number of anilines is 1. The van der Waals surface area contributed by atoms with Gasteiger partial charge in [-0.25, -0.2) is 4.79 Å². The number of hydrogen-bond donors (Lipinski definition) is 1. The second-order valence-electron chi connectivity index (χ2n) is 7.38. The molecule has 0 unspecified atom stereocenters. The van der Waals surface area contributed by atoms with Crippen molar-refractivity contribution in [3.8, 4) is 0 Å². The van der Waals surface area contributed by atoms with Crippen LogP contribution in [-0.2, 0) is 16.1 Å². The maximum Gasteiger partial charge on any atom is 0.338 e. The van der Waals surface area contributed by atoms with E-state index < -0.39 is 5.97 Å². The van der Waals surface area contributed by atoms with Crippen LogP contribution in [0, 0.1) is 19.8 Å². The average Bonchev–Trinajstić information content (AvgIpc) is 2.91. The van der Waals surface area contributed by atoms with Crippen LogP contribution in [0.4, 0.5) is 5.69 Å². The Hall–Kier alpha value is -2.89. The number of esters is 1. The number of aryl methyl sites for hydroxylation is 1. The van der Waals surface area contributed by atoms with E-state index in [0.29, 0.717) is 17.2 Å². The summed E-state index contributed by atoms with van der Waals surface area (Å²) in [6.45, 7) is 10.2. The van der Waals surface area contributed by atoms with Crippen LogP contribution in [-0.4, -0.2) is 28.8 Å². The minimum Gasteiger partial charge on any atom is -0.454 e. The van der Waals surface area contributed by atoms with Crippen molar-refractivity contribution in [2.24, 2.45) is 5.92 Å². The molecular weight excluding hydrogens is 356 g/mol. The number of hydrogen-bond acceptors (Lipinski definition) is 4. The molecule has 28 heavy (non-hydrogen) atoms. The molecule has 0 fully saturated rings. The Morgan fingerprint density at radius 2 is 1.86 bits per heavy atom. The number of Topliss-reactive ketones (excluding diaryl/α,β-unsaturated/α-hetero) is 1. The minimum atomic E-state index is -0.603. The van der Waals surface area contributed by atoms with E-state index in [9.17, 15) is 14.4 Å². The number of carbonyl (C=O) groups excluding carboxylic acids is 3. The summed E-state index contributed by atoms with van der Waals surface area (Å²) in [5.74, 6) is -0.479. The zero-order valence-electron chi connectivity index (χ0n) is 17.2. The van der Waals surface area contributed by atoms with E-state index in [-0.39, 0.29) is 23.9 Å². The summed E-state index contributed by atoms with van der Waals surface area (Å²) in [6.07, 6.45) is 1.03. The lowest BCUT2D eigenvalue weighted by molar-refractivity contribution is -0.114. The van der Waals surface area contributed by atoms with E-state index in [1.807, 2.05) is 19.9 Å². The van der Waals surface area contributed by atoms with Crippen LogP contribution >= 0.6 is 0 Å². The van der Waals surface area contributed by atoms with Crippen molar-refractivity contribution < 1.29 is 19.1 Å². The lowest BCUT2D eigenvalue weighted by Crippen LogP contribution is -2.15. The molecule has 1 amide bonds. The Morgan fingerprint density at radius 3 is 2.50 bits per heavy atom. The van der Waals surface area contributed by atoms with Gasteiger partial charge in [0, 0.05) is 36.1 Å². The number of rotatable bonds is 8. The molecule has 150 valence electrons. The van der Waals surface area contributed by atoms with Crippen molar-refractivity contribution in [1.82, 2.24) is 4.57 Å². The zero-order valence-corrected chi connectivity index (χ0v) is 17.2. The van der Waals surface area contributed by atoms with Gasteiger partial charge in [-0.05, 0) is 50.5 Å². The van der Waals surface area contributed by atoms with Crippen LogP contribution in [0.5, 0.6) is 0 Å². The zero-order chi connectivity index (χ0) is 20.8. The van der Waals surface area contributed by atoms with Gasteiger partial charge in [0.05, 0.1) is 5.56 Å². The molecule has 0 spiro atoms. The van der Waals surface area contributed by atoms with Crippen LogP contribution in [0.15, 0.2) is 30.3 Å². The van der Waals surface area contributed by atoms with Gasteiger partial charge in [-0.2, -0.15) is 0 Å². The lowest BCUT2D eigenvalue weighted by Gasteiger charge is -2.11. The molecule has 6 nitrogen and oxygen atoms in total. The molecule has 0 saturated heterocycles. The molecule has 1 N–H and O–H groups in total. The molecule has 0 bridgehead atoms. The summed E-state index contributed by atoms with van der Waals surface area (Å²) in [7, 11) is 0. The highest BCUT2D eigenvalue weighted by atomic mass is 16.5. The van der Waals surface area contributed by atoms with Crippen LogP contribution in [0.25, 0.3) is 0 Å². The molecule has 0 aliphatic carbocycles. The first-order valence-corrected chi connectivity index (χ1v) is 9.43. The molecule has 0 aliphatic rings. The van der Waals surface area contributed by atoms with Gasteiger partial charge in [-0.1, -0.05) is 19.9 Å². The number of aromatic nitrogens is 1. The van der Waals surface area contributed by atoms with E-state index in [1.165, 1.54) is 13.0 Å². The van der Waals surface area contributed by atoms with Crippen LogP contribution in [0.1, 0.15) is 59.3 Å². The fourth-order valence-electron chi connectivity index (χ4n) is 3.03. The van der Waals surface area contributed by atoms with Gasteiger partial charge in [0.1, 0.15) is 0 Å². The van der Waals surface area contributed by atoms with E-state index in [4.69, 9.17) is 4.74 Å². The third-order valence-electron chi connectivity index (χ3n) is 4.56. The van der Waals surface area contributed by atoms with Gasteiger partial charge in [0.15, 0.2) is 6.61 Å². The van der Waals surface area contributed by atoms with Crippen molar-refractivity contribution >= 4 is 23.3 Å². The number of benzene rings is 1. The molecule has 0 atom stereocenters. The maximum atomic E-state index is 12.6. The van der Waals surface area contributed by atoms with Crippen molar-refractivity contribution in [2.45, 2.75) is 47.6 Å². The van der Waals surface area contributed by atoms with E-state index >= 15 is 0 Å². The van der Waals surface area contributed by atoms with Crippen molar-refractivity contribution in [3.63, 3.8) is 0 Å². The number of ketones is 1. The van der Waals surface area contributed by atoms with E-state index in [1.54, 1.807) is 18.2 Å². The second kappa shape index (κ2) is 9.35. The first kappa shape index (κ1) is 21.4. The predicted octanol–water partition coefficient (Wildman–Crippen LogP) is 4.15. The Labute approximate surface area is 165 Å². The number of nitrogens with zero attached hydrogens (tertiary/aromatic N) is 1. The molecule has 2 aromatic rings. The summed E-state index contributed by atoms with van der Waals surface area (Å²) in [5, 5.41) is 2.61. The number of ether oxygens (including phenoxy) is 1. The second-order valence-corrected chi connectivity index (χ2v) is 7.38. The summed E-state index contributed by atoms with van der Waals surface area (Å²) in [4.78, 5) is 36.0. The highest BCUT2D eigenvalue weighted by Gasteiger charge is 2.18. The van der Waals surface area contributed by atoms with Gasteiger partial charge in [0.2, 0.25) is 11.7 Å². The minimum absolute atomic E-state index is 0.227. The fraction of sp³-hybridized carbons (Fsp3) is 0.409. The highest BCUT2D eigenvalue weighted by Crippen LogP contribution is 2.18. The molecule has 0 radical (unpaired) electrons. The molecule has 0 saturated carbocycles. The molecule has 1 heterocycles. The molecular formula is C22H28N2O4. The van der Waals surface area contributed by atoms with Gasteiger partial charge >= 0.3 is 5.97 Å². The highest BCUT2D eigenvalue weighted by molar-refractivity contribution is 6.00. The van der Waals surface area contributed by atoms with Crippen LogP contribution in [0.2, 0.25) is 0 Å². The Balaban J connectivity index is 2.03.